The monoisotopic (exact) mass is 249 g/mol. The molecule has 0 radical (unpaired) electrons. The Morgan fingerprint density at radius 3 is 1.53 bits per heavy atom. The number of anilines is 1. The van der Waals surface area contributed by atoms with E-state index in [1.165, 1.54) is 17.3 Å². The average Bonchev–Trinajstić information content (AvgIpc) is 2.51. The van der Waals surface area contributed by atoms with Crippen LogP contribution < -0.4 is 5.73 Å². The van der Waals surface area contributed by atoms with Gasteiger partial charge in [-0.3, -0.25) is 4.98 Å². The second-order valence-corrected chi connectivity index (χ2v) is 3.86. The first kappa shape index (κ1) is 12.8. The molecule has 0 spiro atoms. The normalized spacial score (nSPS) is 9.26. The summed E-state index contributed by atoms with van der Waals surface area (Å²) in [6.45, 7) is 0. The van der Waals surface area contributed by atoms with Gasteiger partial charge in [-0.2, -0.15) is 0 Å². The number of nitrogens with zero attached hydrogens (tertiary/aromatic N) is 2. The molecule has 0 aliphatic carbocycles. The maximum absolute atomic E-state index is 5.18. The quantitative estimate of drug-likeness (QED) is 0.719. The van der Waals surface area contributed by atoms with Crippen molar-refractivity contribution in [2.75, 3.05) is 5.73 Å². The molecule has 94 valence electrons. The maximum atomic E-state index is 5.18. The lowest BCUT2D eigenvalue weighted by molar-refractivity contribution is 1.21. The molecule has 19 heavy (non-hydrogen) atoms. The van der Waals surface area contributed by atoms with E-state index in [0.29, 0.717) is 5.82 Å². The van der Waals surface area contributed by atoms with Gasteiger partial charge in [0.25, 0.3) is 0 Å². The highest BCUT2D eigenvalue weighted by Gasteiger charge is 1.91. The molecule has 1 heterocycles. The fourth-order valence-corrected chi connectivity index (χ4v) is 1.57. The molecule has 1 aromatic heterocycles. The molecule has 0 aliphatic heterocycles. The van der Waals surface area contributed by atoms with Gasteiger partial charge in [0.1, 0.15) is 5.82 Å². The van der Waals surface area contributed by atoms with Crippen molar-refractivity contribution in [3.8, 4) is 11.1 Å². The summed E-state index contributed by atoms with van der Waals surface area (Å²) in [7, 11) is 0. The fourth-order valence-electron chi connectivity index (χ4n) is 1.57. The zero-order valence-corrected chi connectivity index (χ0v) is 10.5. The third kappa shape index (κ3) is 4.24. The van der Waals surface area contributed by atoms with Gasteiger partial charge in [-0.25, -0.2) is 4.98 Å². The van der Waals surface area contributed by atoms with Crippen LogP contribution in [0.4, 0.5) is 5.82 Å². The van der Waals surface area contributed by atoms with E-state index >= 15 is 0 Å². The summed E-state index contributed by atoms with van der Waals surface area (Å²) in [5.41, 5.74) is 7.74. The minimum absolute atomic E-state index is 0.461. The van der Waals surface area contributed by atoms with Crippen molar-refractivity contribution < 1.29 is 0 Å². The Bertz CT molecular complexity index is 543. The van der Waals surface area contributed by atoms with Crippen molar-refractivity contribution in [1.82, 2.24) is 9.97 Å². The molecule has 2 N–H and O–H groups in total. The largest absolute Gasteiger partial charge is 0.382 e. The zero-order valence-electron chi connectivity index (χ0n) is 10.5. The van der Waals surface area contributed by atoms with E-state index in [2.05, 4.69) is 58.5 Å². The van der Waals surface area contributed by atoms with Crippen molar-refractivity contribution in [2.24, 2.45) is 0 Å². The Morgan fingerprint density at radius 2 is 1.21 bits per heavy atom. The van der Waals surface area contributed by atoms with Gasteiger partial charge in [-0.15, -0.1) is 0 Å². The fraction of sp³-hybridized carbons (Fsp3) is 0. The molecule has 3 heteroatoms. The SMILES string of the molecule is Nc1cnccn1.c1ccc(-c2ccccc2)cc1. The molecule has 0 fully saturated rings. The third-order valence-corrected chi connectivity index (χ3v) is 2.46. The number of benzene rings is 2. The van der Waals surface area contributed by atoms with Gasteiger partial charge in [-0.1, -0.05) is 60.7 Å². The molecular weight excluding hydrogens is 234 g/mol. The predicted molar refractivity (Wildman–Crippen MR) is 78.3 cm³/mol. The van der Waals surface area contributed by atoms with Crippen LogP contribution in [0.25, 0.3) is 11.1 Å². The van der Waals surface area contributed by atoms with Gasteiger partial charge in [-0.05, 0) is 11.1 Å². The minimum atomic E-state index is 0.461. The molecule has 0 saturated carbocycles. The number of hydrogen-bond donors (Lipinski definition) is 1. The van der Waals surface area contributed by atoms with Crippen LogP contribution in [0, 0.1) is 0 Å². The Morgan fingerprint density at radius 1 is 0.684 bits per heavy atom. The molecule has 3 nitrogen and oxygen atoms in total. The van der Waals surface area contributed by atoms with Crippen LogP contribution in [0.1, 0.15) is 0 Å². The molecule has 3 aromatic rings. The van der Waals surface area contributed by atoms with Gasteiger partial charge in [0.15, 0.2) is 0 Å². The number of nitrogens with two attached hydrogens (primary N) is 1. The molecule has 3 rings (SSSR count). The van der Waals surface area contributed by atoms with E-state index in [4.69, 9.17) is 5.73 Å². The highest BCUT2D eigenvalue weighted by atomic mass is 14.9. The summed E-state index contributed by atoms with van der Waals surface area (Å²) in [4.78, 5) is 7.39. The number of rotatable bonds is 1. The second-order valence-electron chi connectivity index (χ2n) is 3.86. The van der Waals surface area contributed by atoms with Crippen molar-refractivity contribution in [3.63, 3.8) is 0 Å². The van der Waals surface area contributed by atoms with Crippen LogP contribution in [0.15, 0.2) is 79.3 Å². The number of nitrogen functional groups attached to an aromatic ring is 1. The lowest BCUT2D eigenvalue weighted by atomic mass is 10.1. The van der Waals surface area contributed by atoms with Gasteiger partial charge in [0.05, 0.1) is 6.20 Å². The highest BCUT2D eigenvalue weighted by molar-refractivity contribution is 5.62. The van der Waals surface area contributed by atoms with E-state index in [-0.39, 0.29) is 0 Å². The van der Waals surface area contributed by atoms with E-state index in [9.17, 15) is 0 Å². The van der Waals surface area contributed by atoms with E-state index < -0.39 is 0 Å². The van der Waals surface area contributed by atoms with Crippen molar-refractivity contribution in [2.45, 2.75) is 0 Å². The molecule has 0 aliphatic rings. The summed E-state index contributed by atoms with van der Waals surface area (Å²) >= 11 is 0. The standard InChI is InChI=1S/C12H10.C4H5N3/c1-3-7-11(8-4-1)12-9-5-2-6-10-12;5-4-3-6-1-2-7-4/h1-10H;1-3H,(H2,5,7). The van der Waals surface area contributed by atoms with Crippen molar-refractivity contribution in [3.05, 3.63) is 79.3 Å². The topological polar surface area (TPSA) is 51.8 Å². The first-order valence-corrected chi connectivity index (χ1v) is 5.98. The first-order chi connectivity index (χ1) is 9.36. The molecule has 0 atom stereocenters. The van der Waals surface area contributed by atoms with Gasteiger partial charge >= 0.3 is 0 Å². The molecule has 2 aromatic carbocycles. The molecule has 0 bridgehead atoms. The Kier molecular flexibility index (Phi) is 4.64. The van der Waals surface area contributed by atoms with E-state index in [0.717, 1.165) is 0 Å². The molecule has 0 unspecified atom stereocenters. The molecular formula is C16H15N3. The predicted octanol–water partition coefficient (Wildman–Crippen LogP) is 3.41. The van der Waals surface area contributed by atoms with Crippen LogP contribution in [0.3, 0.4) is 0 Å². The number of hydrogen-bond acceptors (Lipinski definition) is 3. The highest BCUT2D eigenvalue weighted by Crippen LogP contribution is 2.17. The summed E-state index contributed by atoms with van der Waals surface area (Å²) in [6.07, 6.45) is 4.63. The third-order valence-electron chi connectivity index (χ3n) is 2.46. The Balaban J connectivity index is 0.000000163. The molecule has 0 amide bonds. The van der Waals surface area contributed by atoms with E-state index in [1.807, 2.05) is 12.1 Å². The van der Waals surface area contributed by atoms with Gasteiger partial charge in [0, 0.05) is 12.4 Å². The minimum Gasteiger partial charge on any atom is -0.382 e. The van der Waals surface area contributed by atoms with E-state index in [1.54, 1.807) is 12.4 Å². The lowest BCUT2D eigenvalue weighted by Gasteiger charge is -1.98. The van der Waals surface area contributed by atoms with Crippen LogP contribution in [-0.2, 0) is 0 Å². The number of aromatic nitrogens is 2. The average molecular weight is 249 g/mol. The second kappa shape index (κ2) is 6.91. The Hall–Kier alpha value is -2.68. The summed E-state index contributed by atoms with van der Waals surface area (Å²) in [6, 6.07) is 20.8. The maximum Gasteiger partial charge on any atom is 0.141 e. The summed E-state index contributed by atoms with van der Waals surface area (Å²) < 4.78 is 0. The van der Waals surface area contributed by atoms with Crippen LogP contribution >= 0.6 is 0 Å². The van der Waals surface area contributed by atoms with Crippen molar-refractivity contribution in [1.29, 1.82) is 0 Å². The first-order valence-electron chi connectivity index (χ1n) is 5.98. The summed E-state index contributed by atoms with van der Waals surface area (Å²) in [5, 5.41) is 0. The lowest BCUT2D eigenvalue weighted by Crippen LogP contribution is -1.87. The van der Waals surface area contributed by atoms with Gasteiger partial charge in [0.2, 0.25) is 0 Å². The van der Waals surface area contributed by atoms with Gasteiger partial charge < -0.3 is 5.73 Å². The van der Waals surface area contributed by atoms with Crippen LogP contribution in [0.2, 0.25) is 0 Å². The smallest absolute Gasteiger partial charge is 0.141 e. The zero-order chi connectivity index (χ0) is 13.3. The van der Waals surface area contributed by atoms with Crippen LogP contribution in [-0.4, -0.2) is 9.97 Å². The Labute approximate surface area is 112 Å². The molecule has 0 saturated heterocycles. The van der Waals surface area contributed by atoms with Crippen molar-refractivity contribution >= 4 is 5.82 Å². The summed E-state index contributed by atoms with van der Waals surface area (Å²) in [5.74, 6) is 0.461. The van der Waals surface area contributed by atoms with Crippen LogP contribution in [0.5, 0.6) is 0 Å².